The van der Waals surface area contributed by atoms with Crippen molar-refractivity contribution in [2.24, 2.45) is 0 Å². The average molecular weight is 833 g/mol. The molecule has 0 unspecified atom stereocenters. The van der Waals surface area contributed by atoms with Gasteiger partial charge in [0, 0.05) is 139 Å². The van der Waals surface area contributed by atoms with Crippen molar-refractivity contribution < 1.29 is 19.0 Å². The van der Waals surface area contributed by atoms with Crippen molar-refractivity contribution in [3.8, 4) is 0 Å². The lowest BCUT2D eigenvalue weighted by Gasteiger charge is -2.18. The van der Waals surface area contributed by atoms with Gasteiger partial charge in [0.05, 0.1) is 23.0 Å². The van der Waals surface area contributed by atoms with Crippen LogP contribution in [0.1, 0.15) is 46.6 Å². The molecule has 0 saturated heterocycles. The molecule has 310 valence electrons. The summed E-state index contributed by atoms with van der Waals surface area (Å²) in [6.45, 7) is 2.47. The number of hydrogen-bond donors (Lipinski definition) is 3. The fourth-order valence-corrected chi connectivity index (χ4v) is 6.71. The molecule has 24 heteroatoms. The van der Waals surface area contributed by atoms with Gasteiger partial charge in [0.15, 0.2) is 23.4 Å². The second-order valence-corrected chi connectivity index (χ2v) is 13.3. The maximum atomic E-state index is 10.8. The lowest BCUT2D eigenvalue weighted by atomic mass is 9.08. The molecule has 0 spiro atoms. The molecule has 63 heavy (non-hydrogen) atoms. The van der Waals surface area contributed by atoms with Crippen LogP contribution in [0.25, 0.3) is 33.2 Å². The first-order valence-corrected chi connectivity index (χ1v) is 19.4. The minimum Gasteiger partial charge on any atom is -0.382 e. The Labute approximate surface area is 379 Å². The van der Waals surface area contributed by atoms with E-state index in [-0.39, 0.29) is 16.8 Å². The molecular weight excluding hydrogens is 787 g/mol. The van der Waals surface area contributed by atoms with Crippen LogP contribution in [0.15, 0.2) is 73.7 Å². The van der Waals surface area contributed by atoms with Crippen molar-refractivity contribution >= 4 is 119 Å². The van der Waals surface area contributed by atoms with Crippen LogP contribution >= 0.6 is 0 Å². The third-order valence-electron chi connectivity index (χ3n) is 9.25. The van der Waals surface area contributed by atoms with Gasteiger partial charge < -0.3 is 40.1 Å². The van der Waals surface area contributed by atoms with Gasteiger partial charge in [0.25, 0.3) is 6.48 Å². The molecule has 3 aliphatic heterocycles. The molecule has 7 aromatic rings. The van der Waals surface area contributed by atoms with E-state index in [2.05, 4.69) is 104 Å². The summed E-state index contributed by atoms with van der Waals surface area (Å²) in [4.78, 5) is 39.6. The molecule has 3 aliphatic rings. The monoisotopic (exact) mass is 834 g/mol. The number of aryl methyl sites for hydroxylation is 5. The molecule has 10 rings (SSSR count). The normalized spacial score (nSPS) is 12.2. The average Bonchev–Trinajstić information content (AvgIpc) is 3.90. The van der Waals surface area contributed by atoms with Crippen LogP contribution in [0, 0.1) is 0 Å². The van der Waals surface area contributed by atoms with Gasteiger partial charge in [-0.05, 0) is 85.5 Å². The number of pyridine rings is 5. The molecule has 0 atom stereocenters. The number of nitrogen functional groups attached to an aromatic ring is 2. The topological polar surface area (TPSA) is 209 Å². The summed E-state index contributed by atoms with van der Waals surface area (Å²) in [5.41, 5.74) is 20.9. The van der Waals surface area contributed by atoms with Gasteiger partial charge in [-0.3, -0.25) is 9.78 Å². The Morgan fingerprint density at radius 1 is 0.714 bits per heavy atom. The quantitative estimate of drug-likeness (QED) is 0.132. The molecule has 0 fully saturated rings. The summed E-state index contributed by atoms with van der Waals surface area (Å²) in [6.07, 6.45) is 17.6. The fraction of sp³-hybridized carbons (Fsp3) is 0.333. The Morgan fingerprint density at radius 2 is 1.29 bits per heavy atom. The largest absolute Gasteiger partial charge is 0.382 e. The van der Waals surface area contributed by atoms with Gasteiger partial charge in [-0.25, -0.2) is 29.9 Å². The SMILES string of the molecule is COC(OC)OC.Nc1nccc2c1NCCC2.Nc1nccc2cccnc12.O=Cc1nc2nccc3c2n1CCC3.[B].[B].[B]B([B])[B].[B][B].c1cc2c3c(n1)ncn3CCC2. The van der Waals surface area contributed by atoms with Crippen LogP contribution in [-0.2, 0) is 46.6 Å². The van der Waals surface area contributed by atoms with E-state index < -0.39 is 12.9 Å². The van der Waals surface area contributed by atoms with Gasteiger partial charge in [-0.15, -0.1) is 0 Å². The zero-order valence-corrected chi connectivity index (χ0v) is 35.9. The Kier molecular flexibility index (Phi) is 24.0. The van der Waals surface area contributed by atoms with Crippen LogP contribution in [0.4, 0.5) is 17.3 Å². The molecule has 0 bridgehead atoms. The predicted octanol–water partition coefficient (Wildman–Crippen LogP) is 1.96. The first-order chi connectivity index (χ1) is 29.7. The number of aromatic nitrogens is 9. The number of ether oxygens (including phenoxy) is 3. The molecular formula is C39H46B8N12O4. The first-order valence-electron chi connectivity index (χ1n) is 19.4. The smallest absolute Gasteiger partial charge is 0.270 e. The molecule has 16 radical (unpaired) electrons. The second kappa shape index (κ2) is 28.2. The Bertz CT molecular complexity index is 2410. The number of hydrogen-bond acceptors (Lipinski definition) is 14. The summed E-state index contributed by atoms with van der Waals surface area (Å²) < 4.78 is 18.0. The number of imidazole rings is 2. The molecule has 0 saturated carbocycles. The van der Waals surface area contributed by atoms with Crippen molar-refractivity contribution in [1.82, 2.24) is 44.0 Å². The summed E-state index contributed by atoms with van der Waals surface area (Å²) in [6, 6.07) is 11.9. The van der Waals surface area contributed by atoms with Crippen LogP contribution in [0.5, 0.6) is 0 Å². The third kappa shape index (κ3) is 15.0. The molecule has 7 aromatic heterocycles. The highest BCUT2D eigenvalue weighted by molar-refractivity contribution is 7.49. The first kappa shape index (κ1) is 53.6. The maximum Gasteiger partial charge on any atom is 0.270 e. The van der Waals surface area contributed by atoms with Crippen LogP contribution in [0.3, 0.4) is 0 Å². The van der Waals surface area contributed by atoms with Crippen LogP contribution in [0.2, 0.25) is 0 Å². The van der Waals surface area contributed by atoms with Crippen molar-refractivity contribution in [3.05, 3.63) is 96.2 Å². The number of nitrogens with two attached hydrogens (primary N) is 2. The molecule has 5 N–H and O–H groups in total. The number of fused-ring (bicyclic) bond motifs is 2. The number of methoxy groups -OCH3 is 3. The number of aldehydes is 1. The van der Waals surface area contributed by atoms with E-state index in [4.69, 9.17) is 11.5 Å². The minimum absolute atomic E-state index is 0. The van der Waals surface area contributed by atoms with E-state index in [9.17, 15) is 4.79 Å². The number of nitrogens with zero attached hydrogens (tertiary/aromatic N) is 9. The lowest BCUT2D eigenvalue weighted by molar-refractivity contribution is -0.252. The maximum absolute atomic E-state index is 10.8. The third-order valence-corrected chi connectivity index (χ3v) is 9.25. The molecule has 10 heterocycles. The fourth-order valence-electron chi connectivity index (χ4n) is 6.71. The highest BCUT2D eigenvalue weighted by Gasteiger charge is 2.18. The van der Waals surface area contributed by atoms with Gasteiger partial charge >= 0.3 is 0 Å². The summed E-state index contributed by atoms with van der Waals surface area (Å²) in [5.74, 6) is 1.62. The number of rotatable bonds is 4. The van der Waals surface area contributed by atoms with Gasteiger partial charge in [0.2, 0.25) is 0 Å². The predicted molar refractivity (Wildman–Crippen MR) is 257 cm³/mol. The highest BCUT2D eigenvalue weighted by atomic mass is 16.8. The standard InChI is InChI=1S/C10H9N3O.C9H9N3.C8H11N3.C8H7N3.C4H10O3.B4.B2.2B/c14-6-8-12-10-9-7(3-4-11-10)2-1-5-13(8)9;1-2-7-3-4-10-9-8(7)12(5-1)6-11-9;2*9-8-7-6(3-5-11-8)2-1-4-10-7;1-5-4(6-2)7-3;1-4(2)3;1-2;;/h3-4,6H,1-2,5H2;3-4,6H,1-2,5H2;3,5,10H,1-2,4H2,(H2,9,11);1-5H,(H2,9,11);4H,1-3H3;;;;. The van der Waals surface area contributed by atoms with Crippen LogP contribution in [-0.4, -0.2) is 147 Å². The summed E-state index contributed by atoms with van der Waals surface area (Å²) in [5, 5.41) is 4.27. The Morgan fingerprint density at radius 3 is 1.90 bits per heavy atom. The summed E-state index contributed by atoms with van der Waals surface area (Å²) >= 11 is 0. The molecule has 0 amide bonds. The van der Waals surface area contributed by atoms with E-state index >= 15 is 0 Å². The van der Waals surface area contributed by atoms with Crippen molar-refractivity contribution in [1.29, 1.82) is 0 Å². The van der Waals surface area contributed by atoms with Gasteiger partial charge in [0.1, 0.15) is 17.2 Å². The zero-order valence-electron chi connectivity index (χ0n) is 35.9. The summed E-state index contributed by atoms with van der Waals surface area (Å²) in [7, 11) is 26.5. The number of carbonyl (C=O) groups is 1. The number of nitrogens with one attached hydrogen (secondary N) is 1. The van der Waals surface area contributed by atoms with E-state index in [0.717, 1.165) is 72.9 Å². The van der Waals surface area contributed by atoms with E-state index in [1.807, 2.05) is 47.4 Å². The van der Waals surface area contributed by atoms with Crippen molar-refractivity contribution in [2.75, 3.05) is 44.7 Å². The molecule has 0 aliphatic carbocycles. The Hall–Kier alpha value is -5.58. The number of carbonyl (C=O) groups excluding carboxylic acids is 1. The van der Waals surface area contributed by atoms with Gasteiger partial charge in [-0.2, -0.15) is 0 Å². The Balaban J connectivity index is 0.000000264. The van der Waals surface area contributed by atoms with E-state index in [1.54, 1.807) is 24.8 Å². The van der Waals surface area contributed by atoms with Crippen LogP contribution < -0.4 is 16.8 Å². The van der Waals surface area contributed by atoms with Gasteiger partial charge in [-0.1, -0.05) is 6.07 Å². The second-order valence-electron chi connectivity index (χ2n) is 13.3. The molecule has 0 aromatic carbocycles. The van der Waals surface area contributed by atoms with Crippen molar-refractivity contribution in [3.63, 3.8) is 0 Å². The molecule has 16 nitrogen and oxygen atoms in total. The zero-order chi connectivity index (χ0) is 44.1. The van der Waals surface area contributed by atoms with E-state index in [0.29, 0.717) is 23.1 Å². The minimum atomic E-state index is -0.667. The highest BCUT2D eigenvalue weighted by Crippen LogP contribution is 2.26. The lowest BCUT2D eigenvalue weighted by Crippen LogP contribution is -2.14. The van der Waals surface area contributed by atoms with E-state index in [1.165, 1.54) is 62.8 Å². The van der Waals surface area contributed by atoms with Crippen molar-refractivity contribution in [2.45, 2.75) is 58.1 Å². The number of anilines is 3.